The molecular formula is C15H25N3O2. The third-order valence-electron chi connectivity index (χ3n) is 5.53. The van der Waals surface area contributed by atoms with Gasteiger partial charge in [0, 0.05) is 12.1 Å². The maximum Gasteiger partial charge on any atom is 0.309 e. The second kappa shape index (κ2) is 5.35. The molecule has 0 aromatic rings. The van der Waals surface area contributed by atoms with Crippen LogP contribution in [-0.2, 0) is 9.59 Å². The molecule has 0 spiro atoms. The minimum atomic E-state index is -0.462. The van der Waals surface area contributed by atoms with Crippen LogP contribution >= 0.6 is 0 Å². The van der Waals surface area contributed by atoms with E-state index in [1.807, 2.05) is 0 Å². The number of amides is 2. The summed E-state index contributed by atoms with van der Waals surface area (Å²) in [6, 6.07) is 0.757. The first-order valence-electron chi connectivity index (χ1n) is 7.89. The zero-order valence-electron chi connectivity index (χ0n) is 12.4. The lowest BCUT2D eigenvalue weighted by Gasteiger charge is -2.50. The molecule has 3 rings (SSSR count). The van der Waals surface area contributed by atoms with Gasteiger partial charge in [0.15, 0.2) is 0 Å². The lowest BCUT2D eigenvalue weighted by atomic mass is 9.68. The Morgan fingerprint density at radius 2 is 1.80 bits per heavy atom. The Bertz CT molecular complexity index is 412. The summed E-state index contributed by atoms with van der Waals surface area (Å²) >= 11 is 0. The quantitative estimate of drug-likeness (QED) is 0.687. The van der Waals surface area contributed by atoms with Gasteiger partial charge in [-0.25, -0.2) is 0 Å². The van der Waals surface area contributed by atoms with Crippen molar-refractivity contribution in [2.75, 3.05) is 13.6 Å². The van der Waals surface area contributed by atoms with Crippen molar-refractivity contribution >= 4 is 11.8 Å². The first-order chi connectivity index (χ1) is 9.58. The van der Waals surface area contributed by atoms with Crippen LogP contribution in [0.4, 0.5) is 0 Å². The van der Waals surface area contributed by atoms with E-state index in [9.17, 15) is 9.59 Å². The van der Waals surface area contributed by atoms with Crippen LogP contribution < -0.4 is 10.6 Å². The normalized spacial score (nSPS) is 42.6. The number of hydrogen-bond acceptors (Lipinski definition) is 3. The van der Waals surface area contributed by atoms with Crippen LogP contribution in [0.3, 0.4) is 0 Å². The fraction of sp³-hybridized carbons (Fsp3) is 0.867. The maximum absolute atomic E-state index is 11.7. The van der Waals surface area contributed by atoms with Crippen molar-refractivity contribution in [2.24, 2.45) is 11.8 Å². The summed E-state index contributed by atoms with van der Waals surface area (Å²) in [5.74, 6) is 0.126. The first-order valence-corrected chi connectivity index (χ1v) is 7.89. The molecule has 1 saturated carbocycles. The van der Waals surface area contributed by atoms with Gasteiger partial charge in [0.2, 0.25) is 0 Å². The fourth-order valence-corrected chi connectivity index (χ4v) is 4.45. The molecule has 0 aromatic heterocycles. The Morgan fingerprint density at radius 3 is 2.55 bits per heavy atom. The molecule has 1 aliphatic carbocycles. The van der Waals surface area contributed by atoms with E-state index in [0.29, 0.717) is 17.9 Å². The van der Waals surface area contributed by atoms with Crippen LogP contribution in [0.15, 0.2) is 0 Å². The van der Waals surface area contributed by atoms with Crippen LogP contribution in [-0.4, -0.2) is 48.4 Å². The van der Waals surface area contributed by atoms with E-state index < -0.39 is 11.8 Å². The molecule has 3 aliphatic rings. The van der Waals surface area contributed by atoms with Crippen molar-refractivity contribution in [1.82, 2.24) is 15.5 Å². The Labute approximate surface area is 120 Å². The molecule has 5 heteroatoms. The average Bonchev–Trinajstić information content (AvgIpc) is 2.42. The Kier molecular flexibility index (Phi) is 3.71. The van der Waals surface area contributed by atoms with E-state index in [1.54, 1.807) is 0 Å². The van der Waals surface area contributed by atoms with E-state index in [2.05, 4.69) is 29.5 Å². The molecule has 2 saturated heterocycles. The number of carbonyl (C=O) groups excluding carboxylic acids is 2. The third kappa shape index (κ3) is 2.32. The summed E-state index contributed by atoms with van der Waals surface area (Å²) in [7, 11) is 2.20. The third-order valence-corrected chi connectivity index (χ3v) is 5.53. The number of piperidine rings is 1. The van der Waals surface area contributed by atoms with Crippen molar-refractivity contribution in [3.63, 3.8) is 0 Å². The largest absolute Gasteiger partial charge is 0.343 e. The average molecular weight is 279 g/mol. The Hall–Kier alpha value is -1.10. The Balaban J connectivity index is 1.82. The monoisotopic (exact) mass is 279 g/mol. The highest BCUT2D eigenvalue weighted by molar-refractivity contribution is 6.35. The van der Waals surface area contributed by atoms with Crippen molar-refractivity contribution in [3.8, 4) is 0 Å². The summed E-state index contributed by atoms with van der Waals surface area (Å²) in [6.45, 7) is 3.44. The van der Waals surface area contributed by atoms with Gasteiger partial charge >= 0.3 is 11.8 Å². The van der Waals surface area contributed by atoms with Gasteiger partial charge in [-0.2, -0.15) is 0 Å². The molecule has 2 N–H and O–H groups in total. The zero-order valence-corrected chi connectivity index (χ0v) is 12.4. The van der Waals surface area contributed by atoms with E-state index in [1.165, 1.54) is 19.3 Å². The molecule has 112 valence electrons. The molecule has 0 aromatic carbocycles. The number of nitrogens with one attached hydrogen (secondary N) is 2. The fourth-order valence-electron chi connectivity index (χ4n) is 4.45. The smallest absolute Gasteiger partial charge is 0.309 e. The summed E-state index contributed by atoms with van der Waals surface area (Å²) < 4.78 is 0. The lowest BCUT2D eigenvalue weighted by Crippen LogP contribution is -2.69. The van der Waals surface area contributed by atoms with Gasteiger partial charge in [0.25, 0.3) is 0 Å². The number of piperazine rings is 1. The van der Waals surface area contributed by atoms with Gasteiger partial charge in [0.1, 0.15) is 0 Å². The minimum absolute atomic E-state index is 0.106. The summed E-state index contributed by atoms with van der Waals surface area (Å²) in [5.41, 5.74) is 0. The highest BCUT2D eigenvalue weighted by atomic mass is 16.2. The molecule has 20 heavy (non-hydrogen) atoms. The van der Waals surface area contributed by atoms with Gasteiger partial charge in [0.05, 0.1) is 6.04 Å². The molecule has 2 aliphatic heterocycles. The van der Waals surface area contributed by atoms with Crippen LogP contribution in [0.5, 0.6) is 0 Å². The molecule has 5 atom stereocenters. The molecular weight excluding hydrogens is 254 g/mol. The number of carbonyl (C=O) groups is 2. The minimum Gasteiger partial charge on any atom is -0.343 e. The van der Waals surface area contributed by atoms with E-state index >= 15 is 0 Å². The lowest BCUT2D eigenvalue weighted by molar-refractivity contribution is -0.144. The molecule has 0 bridgehead atoms. The number of rotatable bonds is 1. The van der Waals surface area contributed by atoms with Crippen molar-refractivity contribution in [3.05, 3.63) is 0 Å². The molecule has 5 nitrogen and oxygen atoms in total. The molecule has 0 radical (unpaired) electrons. The summed E-state index contributed by atoms with van der Waals surface area (Å²) in [5, 5.41) is 5.89. The summed E-state index contributed by atoms with van der Waals surface area (Å²) in [6.07, 6.45) is 5.86. The van der Waals surface area contributed by atoms with E-state index in [0.717, 1.165) is 19.4 Å². The second-order valence-corrected chi connectivity index (χ2v) is 6.75. The van der Waals surface area contributed by atoms with Gasteiger partial charge in [-0.3, -0.25) is 9.59 Å². The molecule has 3 fully saturated rings. The number of likely N-dealkylation sites (tertiary alicyclic amines) is 1. The summed E-state index contributed by atoms with van der Waals surface area (Å²) in [4.78, 5) is 25.7. The molecule has 5 unspecified atom stereocenters. The van der Waals surface area contributed by atoms with Crippen LogP contribution in [0.1, 0.15) is 39.0 Å². The molecule has 2 heterocycles. The van der Waals surface area contributed by atoms with Gasteiger partial charge in [-0.1, -0.05) is 13.3 Å². The SMILES string of the molecule is CC1CCC2NC(=O)C(=O)NC2C1C1CCCCN1C. The van der Waals surface area contributed by atoms with E-state index in [-0.39, 0.29) is 12.1 Å². The predicted molar refractivity (Wildman–Crippen MR) is 76.0 cm³/mol. The molecule has 2 amide bonds. The van der Waals surface area contributed by atoms with Gasteiger partial charge in [-0.15, -0.1) is 0 Å². The predicted octanol–water partition coefficient (Wildman–Crippen LogP) is 0.500. The standard InChI is InChI=1S/C15H25N3O2/c1-9-6-7-10-13(17-15(20)14(19)16-10)12(9)11-5-3-4-8-18(11)2/h9-13H,3-8H2,1-2H3,(H,16,19)(H,17,20). The zero-order chi connectivity index (χ0) is 14.3. The topological polar surface area (TPSA) is 61.4 Å². The number of nitrogens with zero attached hydrogens (tertiary/aromatic N) is 1. The van der Waals surface area contributed by atoms with Gasteiger partial charge < -0.3 is 15.5 Å². The van der Waals surface area contributed by atoms with Crippen molar-refractivity contribution in [2.45, 2.75) is 57.2 Å². The van der Waals surface area contributed by atoms with Crippen LogP contribution in [0, 0.1) is 11.8 Å². The first kappa shape index (κ1) is 13.9. The van der Waals surface area contributed by atoms with Crippen LogP contribution in [0.2, 0.25) is 0 Å². The van der Waals surface area contributed by atoms with Crippen LogP contribution in [0.25, 0.3) is 0 Å². The highest BCUT2D eigenvalue weighted by Crippen LogP contribution is 2.38. The number of hydrogen-bond donors (Lipinski definition) is 2. The highest BCUT2D eigenvalue weighted by Gasteiger charge is 2.47. The van der Waals surface area contributed by atoms with E-state index in [4.69, 9.17) is 0 Å². The Morgan fingerprint density at radius 1 is 1.05 bits per heavy atom. The second-order valence-electron chi connectivity index (χ2n) is 6.75. The maximum atomic E-state index is 11.7. The van der Waals surface area contributed by atoms with Crippen molar-refractivity contribution < 1.29 is 9.59 Å². The van der Waals surface area contributed by atoms with Crippen molar-refractivity contribution in [1.29, 1.82) is 0 Å². The number of fused-ring (bicyclic) bond motifs is 1. The van der Waals surface area contributed by atoms with Gasteiger partial charge in [-0.05, 0) is 51.1 Å².